The van der Waals surface area contributed by atoms with E-state index in [4.69, 9.17) is 4.98 Å². The third-order valence-corrected chi connectivity index (χ3v) is 6.10. The minimum atomic E-state index is 0.0114. The van der Waals surface area contributed by atoms with Gasteiger partial charge in [0.1, 0.15) is 5.65 Å². The van der Waals surface area contributed by atoms with Crippen LogP contribution in [-0.2, 0) is 0 Å². The van der Waals surface area contributed by atoms with Gasteiger partial charge in [0.25, 0.3) is 5.56 Å². The molecular formula is C23H20N4O. The van der Waals surface area contributed by atoms with E-state index in [9.17, 15) is 4.79 Å². The van der Waals surface area contributed by atoms with Crippen molar-refractivity contribution in [1.29, 1.82) is 0 Å². The van der Waals surface area contributed by atoms with Crippen molar-refractivity contribution < 1.29 is 0 Å². The molecule has 3 heterocycles. The zero-order chi connectivity index (χ0) is 18.8. The second-order valence-corrected chi connectivity index (χ2v) is 7.72. The monoisotopic (exact) mass is 368 g/mol. The maximum atomic E-state index is 13.4. The summed E-state index contributed by atoms with van der Waals surface area (Å²) in [5.74, 6) is 0. The van der Waals surface area contributed by atoms with Crippen LogP contribution < -0.4 is 10.5 Å². The standard InChI is InChI=1S/C23H20N4O/c1-25-11-13-26(14-12-25)19-10-9-16-21-15(19)5-4-6-17(21)23(28)27-20-8-3-2-7-18(20)24-22(16)27/h2-10H,11-14H2,1H3. The highest BCUT2D eigenvalue weighted by atomic mass is 16.1. The molecule has 5 nitrogen and oxygen atoms in total. The van der Waals surface area contributed by atoms with Gasteiger partial charge in [-0.1, -0.05) is 24.3 Å². The fourth-order valence-electron chi connectivity index (χ4n) is 4.61. The van der Waals surface area contributed by atoms with Crippen LogP contribution in [0.25, 0.3) is 38.2 Å². The van der Waals surface area contributed by atoms with Gasteiger partial charge in [-0.2, -0.15) is 0 Å². The molecule has 0 radical (unpaired) electrons. The molecule has 5 aromatic rings. The molecule has 1 saturated heterocycles. The largest absolute Gasteiger partial charge is 0.368 e. The van der Waals surface area contributed by atoms with Crippen molar-refractivity contribution in [3.05, 3.63) is 65.0 Å². The minimum absolute atomic E-state index is 0.0114. The van der Waals surface area contributed by atoms with Gasteiger partial charge in [0.2, 0.25) is 0 Å². The molecule has 1 aliphatic rings. The second kappa shape index (κ2) is 5.66. The molecule has 0 bridgehead atoms. The van der Waals surface area contributed by atoms with E-state index in [1.165, 1.54) is 5.69 Å². The molecule has 6 rings (SSSR count). The Bertz CT molecular complexity index is 1410. The Kier molecular flexibility index (Phi) is 3.20. The Morgan fingerprint density at radius 1 is 0.821 bits per heavy atom. The molecule has 3 aromatic carbocycles. The number of imidazole rings is 1. The Labute approximate surface area is 161 Å². The number of pyridine rings is 1. The van der Waals surface area contributed by atoms with Crippen LogP contribution in [0.15, 0.2) is 59.4 Å². The number of likely N-dealkylation sites (N-methyl/N-ethyl adjacent to an activating group) is 1. The summed E-state index contributed by atoms with van der Waals surface area (Å²) in [6.07, 6.45) is 0. The number of hydrogen-bond acceptors (Lipinski definition) is 4. The fourth-order valence-corrected chi connectivity index (χ4v) is 4.61. The number of aromatic nitrogens is 2. The Morgan fingerprint density at radius 3 is 2.46 bits per heavy atom. The van der Waals surface area contributed by atoms with E-state index in [2.05, 4.69) is 35.0 Å². The number of para-hydroxylation sites is 2. The van der Waals surface area contributed by atoms with Crippen LogP contribution in [0.1, 0.15) is 0 Å². The van der Waals surface area contributed by atoms with Gasteiger partial charge in [-0.25, -0.2) is 4.98 Å². The molecule has 1 aliphatic heterocycles. The van der Waals surface area contributed by atoms with Crippen molar-refractivity contribution in [3.63, 3.8) is 0 Å². The Hall–Kier alpha value is -3.18. The number of piperazine rings is 1. The van der Waals surface area contributed by atoms with Gasteiger partial charge in [-0.05, 0) is 37.4 Å². The first-order valence-corrected chi connectivity index (χ1v) is 9.74. The van der Waals surface area contributed by atoms with E-state index in [-0.39, 0.29) is 5.56 Å². The molecule has 0 unspecified atom stereocenters. The van der Waals surface area contributed by atoms with Crippen LogP contribution in [-0.4, -0.2) is 47.5 Å². The van der Waals surface area contributed by atoms with E-state index in [1.807, 2.05) is 36.4 Å². The predicted molar refractivity (Wildman–Crippen MR) is 115 cm³/mol. The summed E-state index contributed by atoms with van der Waals surface area (Å²) in [6, 6.07) is 18.3. The van der Waals surface area contributed by atoms with Crippen molar-refractivity contribution in [2.24, 2.45) is 0 Å². The Balaban J connectivity index is 1.73. The first kappa shape index (κ1) is 15.8. The average molecular weight is 368 g/mol. The first-order chi connectivity index (χ1) is 13.7. The van der Waals surface area contributed by atoms with Gasteiger partial charge in [0, 0.05) is 53.4 Å². The lowest BCUT2D eigenvalue weighted by molar-refractivity contribution is 0.313. The SMILES string of the molecule is CN1CCN(c2ccc3c4c2cccc4c(=O)n2c4ccccc4nc32)CC1. The quantitative estimate of drug-likeness (QED) is 0.455. The molecule has 2 aromatic heterocycles. The summed E-state index contributed by atoms with van der Waals surface area (Å²) in [6.45, 7) is 4.11. The summed E-state index contributed by atoms with van der Waals surface area (Å²) in [5.41, 5.74) is 3.70. The average Bonchev–Trinajstić information content (AvgIpc) is 3.12. The first-order valence-electron chi connectivity index (χ1n) is 9.74. The molecule has 1 fully saturated rings. The fraction of sp³-hybridized carbons (Fsp3) is 0.217. The highest BCUT2D eigenvalue weighted by Gasteiger charge is 2.20. The van der Waals surface area contributed by atoms with E-state index < -0.39 is 0 Å². The molecular weight excluding hydrogens is 348 g/mol. The van der Waals surface area contributed by atoms with Crippen LogP contribution in [0.5, 0.6) is 0 Å². The molecule has 138 valence electrons. The maximum absolute atomic E-state index is 13.4. The number of benzene rings is 3. The lowest BCUT2D eigenvalue weighted by atomic mass is 10.00. The maximum Gasteiger partial charge on any atom is 0.264 e. The molecule has 0 aliphatic carbocycles. The highest BCUT2D eigenvalue weighted by molar-refractivity contribution is 6.18. The van der Waals surface area contributed by atoms with Crippen molar-refractivity contribution in [3.8, 4) is 0 Å². The van der Waals surface area contributed by atoms with Gasteiger partial charge < -0.3 is 9.80 Å². The van der Waals surface area contributed by atoms with Crippen LogP contribution >= 0.6 is 0 Å². The van der Waals surface area contributed by atoms with Crippen LogP contribution in [0, 0.1) is 0 Å². The van der Waals surface area contributed by atoms with Crippen molar-refractivity contribution in [2.45, 2.75) is 0 Å². The van der Waals surface area contributed by atoms with E-state index in [0.717, 1.165) is 64.4 Å². The van der Waals surface area contributed by atoms with Gasteiger partial charge in [-0.3, -0.25) is 9.20 Å². The van der Waals surface area contributed by atoms with Crippen LogP contribution in [0.3, 0.4) is 0 Å². The highest BCUT2D eigenvalue weighted by Crippen LogP contribution is 2.35. The molecule has 0 saturated carbocycles. The molecule has 0 amide bonds. The number of anilines is 1. The topological polar surface area (TPSA) is 40.9 Å². The number of fused-ring (bicyclic) bond motifs is 4. The third kappa shape index (κ3) is 2.05. The number of hydrogen-bond donors (Lipinski definition) is 0. The van der Waals surface area contributed by atoms with Crippen LogP contribution in [0.4, 0.5) is 5.69 Å². The molecule has 5 heteroatoms. The summed E-state index contributed by atoms with van der Waals surface area (Å²) in [5, 5.41) is 3.98. The van der Waals surface area contributed by atoms with Crippen molar-refractivity contribution >= 4 is 43.9 Å². The zero-order valence-electron chi connectivity index (χ0n) is 15.7. The number of rotatable bonds is 1. The van der Waals surface area contributed by atoms with Gasteiger partial charge in [0.15, 0.2) is 0 Å². The minimum Gasteiger partial charge on any atom is -0.368 e. The van der Waals surface area contributed by atoms with Gasteiger partial charge >= 0.3 is 0 Å². The lowest BCUT2D eigenvalue weighted by Crippen LogP contribution is -2.44. The van der Waals surface area contributed by atoms with E-state index in [1.54, 1.807) is 4.40 Å². The van der Waals surface area contributed by atoms with Crippen LogP contribution in [0.2, 0.25) is 0 Å². The summed E-state index contributed by atoms with van der Waals surface area (Å²) in [7, 11) is 2.16. The molecule has 0 spiro atoms. The predicted octanol–water partition coefficient (Wildman–Crippen LogP) is 3.34. The number of nitrogens with zero attached hydrogens (tertiary/aromatic N) is 4. The lowest BCUT2D eigenvalue weighted by Gasteiger charge is -2.34. The van der Waals surface area contributed by atoms with E-state index >= 15 is 0 Å². The van der Waals surface area contributed by atoms with Gasteiger partial charge in [-0.15, -0.1) is 0 Å². The molecule has 0 atom stereocenters. The third-order valence-electron chi connectivity index (χ3n) is 6.10. The van der Waals surface area contributed by atoms with E-state index in [0.29, 0.717) is 0 Å². The van der Waals surface area contributed by atoms with Crippen molar-refractivity contribution in [1.82, 2.24) is 14.3 Å². The second-order valence-electron chi connectivity index (χ2n) is 7.72. The zero-order valence-corrected chi connectivity index (χ0v) is 15.7. The van der Waals surface area contributed by atoms with Crippen molar-refractivity contribution in [2.75, 3.05) is 38.1 Å². The Morgan fingerprint density at radius 2 is 1.61 bits per heavy atom. The summed E-state index contributed by atoms with van der Waals surface area (Å²) in [4.78, 5) is 23.0. The molecule has 0 N–H and O–H groups in total. The molecule has 28 heavy (non-hydrogen) atoms. The summed E-state index contributed by atoms with van der Waals surface area (Å²) >= 11 is 0. The smallest absolute Gasteiger partial charge is 0.264 e. The van der Waals surface area contributed by atoms with Gasteiger partial charge in [0.05, 0.1) is 11.0 Å². The normalized spacial score (nSPS) is 16.1. The summed E-state index contributed by atoms with van der Waals surface area (Å²) < 4.78 is 1.77.